The molecule has 0 spiro atoms. The number of carbonyl (C=O) groups excluding carboxylic acids is 2. The van der Waals surface area contributed by atoms with Crippen LogP contribution in [-0.2, 0) is 20.2 Å². The summed E-state index contributed by atoms with van der Waals surface area (Å²) in [6.45, 7) is 11.6. The first kappa shape index (κ1) is 27.9. The van der Waals surface area contributed by atoms with Gasteiger partial charge in [0.05, 0.1) is 11.9 Å². The van der Waals surface area contributed by atoms with Crippen molar-refractivity contribution in [1.29, 1.82) is 0 Å². The van der Waals surface area contributed by atoms with Crippen molar-refractivity contribution >= 4 is 38.9 Å². The predicted octanol–water partition coefficient (Wildman–Crippen LogP) is 5.65. The standard InChI is InChI=1S/C29H35N3O4S/c1-19-15-20(2)17-26(16-19)32(37(7,35)36)21(3)27(33)30-24-9-8-10-25(18-24)31-28(34)22-11-13-23(14-12-22)29(4,5)6/h8-18,21H,1-7H3,(H,30,33)(H,31,34). The molecule has 0 aliphatic rings. The van der Waals surface area contributed by atoms with Crippen LogP contribution in [0.2, 0.25) is 0 Å². The van der Waals surface area contributed by atoms with Crippen molar-refractivity contribution < 1.29 is 18.0 Å². The molecule has 3 aromatic rings. The van der Waals surface area contributed by atoms with Gasteiger partial charge in [-0.25, -0.2) is 8.42 Å². The van der Waals surface area contributed by atoms with Crippen LogP contribution < -0.4 is 14.9 Å². The average molecular weight is 522 g/mol. The molecule has 0 saturated heterocycles. The van der Waals surface area contributed by atoms with Gasteiger partial charge in [-0.15, -0.1) is 0 Å². The smallest absolute Gasteiger partial charge is 0.255 e. The highest BCUT2D eigenvalue weighted by molar-refractivity contribution is 7.92. The molecule has 3 aromatic carbocycles. The molecule has 3 rings (SSSR count). The first-order chi connectivity index (χ1) is 17.1. The van der Waals surface area contributed by atoms with Crippen molar-refractivity contribution in [2.75, 3.05) is 21.2 Å². The van der Waals surface area contributed by atoms with Gasteiger partial charge in [0.15, 0.2) is 0 Å². The van der Waals surface area contributed by atoms with Crippen LogP contribution in [0.1, 0.15) is 54.7 Å². The Balaban J connectivity index is 1.76. The van der Waals surface area contributed by atoms with E-state index in [2.05, 4.69) is 31.4 Å². The van der Waals surface area contributed by atoms with Crippen LogP contribution in [-0.4, -0.2) is 32.5 Å². The summed E-state index contributed by atoms with van der Waals surface area (Å²) in [4.78, 5) is 25.9. The summed E-state index contributed by atoms with van der Waals surface area (Å²) in [6.07, 6.45) is 1.08. The molecule has 0 radical (unpaired) electrons. The summed E-state index contributed by atoms with van der Waals surface area (Å²) in [5.74, 6) is -0.763. The second-order valence-electron chi connectivity index (χ2n) is 10.4. The number of carbonyl (C=O) groups is 2. The molecule has 0 aromatic heterocycles. The van der Waals surface area contributed by atoms with Crippen molar-refractivity contribution in [3.63, 3.8) is 0 Å². The van der Waals surface area contributed by atoms with Crippen LogP contribution in [0.3, 0.4) is 0 Å². The molecule has 196 valence electrons. The summed E-state index contributed by atoms with van der Waals surface area (Å²) in [5.41, 5.74) is 4.81. The second kappa shape index (κ2) is 10.8. The van der Waals surface area contributed by atoms with E-state index >= 15 is 0 Å². The molecule has 0 aliphatic carbocycles. The van der Waals surface area contributed by atoms with Gasteiger partial charge in [-0.1, -0.05) is 45.0 Å². The molecule has 2 N–H and O–H groups in total. The molecule has 0 aliphatic heterocycles. The topological polar surface area (TPSA) is 95.6 Å². The van der Waals surface area contributed by atoms with Gasteiger partial charge >= 0.3 is 0 Å². The van der Waals surface area contributed by atoms with Crippen LogP contribution in [0.4, 0.5) is 17.1 Å². The summed E-state index contributed by atoms with van der Waals surface area (Å²) >= 11 is 0. The van der Waals surface area contributed by atoms with Crippen LogP contribution in [0, 0.1) is 13.8 Å². The van der Waals surface area contributed by atoms with E-state index in [-0.39, 0.29) is 11.3 Å². The van der Waals surface area contributed by atoms with Crippen LogP contribution in [0.15, 0.2) is 66.7 Å². The van der Waals surface area contributed by atoms with E-state index in [1.807, 2.05) is 32.0 Å². The largest absolute Gasteiger partial charge is 0.324 e. The maximum atomic E-state index is 13.1. The maximum Gasteiger partial charge on any atom is 0.255 e. The Morgan fingerprint density at radius 2 is 1.38 bits per heavy atom. The predicted molar refractivity (Wildman–Crippen MR) is 151 cm³/mol. The fourth-order valence-electron chi connectivity index (χ4n) is 4.13. The summed E-state index contributed by atoms with van der Waals surface area (Å²) < 4.78 is 26.4. The minimum atomic E-state index is -3.74. The van der Waals surface area contributed by atoms with Crippen molar-refractivity contribution in [2.24, 2.45) is 0 Å². The summed E-state index contributed by atoms with van der Waals surface area (Å²) in [7, 11) is -3.74. The minimum Gasteiger partial charge on any atom is -0.324 e. The zero-order valence-corrected chi connectivity index (χ0v) is 23.2. The van der Waals surface area contributed by atoms with Gasteiger partial charge in [-0.2, -0.15) is 0 Å². The molecule has 2 amide bonds. The highest BCUT2D eigenvalue weighted by atomic mass is 32.2. The van der Waals surface area contributed by atoms with Gasteiger partial charge in [0.25, 0.3) is 5.91 Å². The van der Waals surface area contributed by atoms with E-state index in [0.717, 1.165) is 27.3 Å². The normalized spacial score (nSPS) is 12.5. The highest BCUT2D eigenvalue weighted by Gasteiger charge is 2.29. The lowest BCUT2D eigenvalue weighted by Gasteiger charge is -2.29. The van der Waals surface area contributed by atoms with Crippen molar-refractivity contribution in [3.8, 4) is 0 Å². The van der Waals surface area contributed by atoms with Gasteiger partial charge in [0.2, 0.25) is 15.9 Å². The number of amides is 2. The van der Waals surface area contributed by atoms with Gasteiger partial charge in [-0.05, 0) is 85.3 Å². The van der Waals surface area contributed by atoms with E-state index in [1.165, 1.54) is 0 Å². The van der Waals surface area contributed by atoms with E-state index < -0.39 is 22.0 Å². The van der Waals surface area contributed by atoms with E-state index in [0.29, 0.717) is 22.6 Å². The Morgan fingerprint density at radius 1 is 0.838 bits per heavy atom. The Labute approximate surface area is 220 Å². The third-order valence-electron chi connectivity index (χ3n) is 5.95. The van der Waals surface area contributed by atoms with Gasteiger partial charge in [0, 0.05) is 16.9 Å². The first-order valence-electron chi connectivity index (χ1n) is 12.1. The molecule has 8 heteroatoms. The van der Waals surface area contributed by atoms with Crippen LogP contribution in [0.25, 0.3) is 0 Å². The molecule has 0 saturated carbocycles. The fourth-order valence-corrected chi connectivity index (χ4v) is 5.29. The number of nitrogens with one attached hydrogen (secondary N) is 2. The second-order valence-corrected chi connectivity index (χ2v) is 12.3. The molecule has 1 unspecified atom stereocenters. The monoisotopic (exact) mass is 521 g/mol. The molecular formula is C29H35N3O4S. The lowest BCUT2D eigenvalue weighted by Crippen LogP contribution is -2.45. The minimum absolute atomic E-state index is 0.0104. The van der Waals surface area contributed by atoms with Crippen LogP contribution >= 0.6 is 0 Å². The lowest BCUT2D eigenvalue weighted by atomic mass is 9.87. The molecule has 1 atom stereocenters. The summed E-state index contributed by atoms with van der Waals surface area (Å²) in [6, 6.07) is 18.6. The number of nitrogens with zero attached hydrogens (tertiary/aromatic N) is 1. The van der Waals surface area contributed by atoms with E-state index in [4.69, 9.17) is 0 Å². The quantitative estimate of drug-likeness (QED) is 0.420. The number of sulfonamides is 1. The maximum absolute atomic E-state index is 13.1. The number of benzene rings is 3. The van der Waals surface area contributed by atoms with Crippen molar-refractivity contribution in [2.45, 2.75) is 53.0 Å². The van der Waals surface area contributed by atoms with Crippen LogP contribution in [0.5, 0.6) is 0 Å². The Kier molecular flexibility index (Phi) is 8.12. The third kappa shape index (κ3) is 7.20. The molecule has 0 heterocycles. The molecule has 37 heavy (non-hydrogen) atoms. The molecular weight excluding hydrogens is 486 g/mol. The number of anilines is 3. The first-order valence-corrected chi connectivity index (χ1v) is 13.9. The van der Waals surface area contributed by atoms with Gasteiger partial charge < -0.3 is 10.6 Å². The van der Waals surface area contributed by atoms with Crippen molar-refractivity contribution in [3.05, 3.63) is 89.0 Å². The Bertz CT molecular complexity index is 1390. The number of aryl methyl sites for hydroxylation is 2. The Hall–Kier alpha value is -3.65. The highest BCUT2D eigenvalue weighted by Crippen LogP contribution is 2.25. The van der Waals surface area contributed by atoms with E-state index in [1.54, 1.807) is 55.5 Å². The zero-order chi connectivity index (χ0) is 27.5. The zero-order valence-electron chi connectivity index (χ0n) is 22.4. The Morgan fingerprint density at radius 3 is 1.89 bits per heavy atom. The number of rotatable bonds is 7. The van der Waals surface area contributed by atoms with Gasteiger partial charge in [-0.3, -0.25) is 13.9 Å². The van der Waals surface area contributed by atoms with E-state index in [9.17, 15) is 18.0 Å². The third-order valence-corrected chi connectivity index (χ3v) is 7.19. The number of hydrogen-bond donors (Lipinski definition) is 2. The molecule has 0 bridgehead atoms. The molecule has 0 fully saturated rings. The average Bonchev–Trinajstić information content (AvgIpc) is 2.77. The van der Waals surface area contributed by atoms with Crippen molar-refractivity contribution in [1.82, 2.24) is 0 Å². The van der Waals surface area contributed by atoms with Gasteiger partial charge in [0.1, 0.15) is 6.04 Å². The number of hydrogen-bond acceptors (Lipinski definition) is 4. The fraction of sp³-hybridized carbons (Fsp3) is 0.310. The SMILES string of the molecule is Cc1cc(C)cc(N(C(C)C(=O)Nc2cccc(NC(=O)c3ccc(C(C)(C)C)cc3)c2)S(C)(=O)=O)c1. The lowest BCUT2D eigenvalue weighted by molar-refractivity contribution is -0.116. The summed E-state index contributed by atoms with van der Waals surface area (Å²) in [5, 5.41) is 5.62. The molecule has 7 nitrogen and oxygen atoms in total.